The monoisotopic (exact) mass is 413 g/mol. The van der Waals surface area contributed by atoms with Crippen LogP contribution in [0.3, 0.4) is 0 Å². The third-order valence-corrected chi connectivity index (χ3v) is 5.30. The van der Waals surface area contributed by atoms with E-state index in [0.717, 1.165) is 50.5 Å². The molecule has 162 valence electrons. The van der Waals surface area contributed by atoms with E-state index in [2.05, 4.69) is 25.5 Å². The van der Waals surface area contributed by atoms with E-state index in [0.29, 0.717) is 29.5 Å². The summed E-state index contributed by atoms with van der Waals surface area (Å²) < 4.78 is 10.5. The van der Waals surface area contributed by atoms with Crippen LogP contribution < -0.4 is 25.0 Å². The molecule has 0 aliphatic carbocycles. The lowest BCUT2D eigenvalue weighted by Crippen LogP contribution is -2.36. The first-order valence-electron chi connectivity index (χ1n) is 10.5. The second kappa shape index (κ2) is 10.7. The second-order valence-electron chi connectivity index (χ2n) is 7.40. The third-order valence-electron chi connectivity index (χ3n) is 5.30. The summed E-state index contributed by atoms with van der Waals surface area (Å²) in [5.74, 6) is 3.50. The minimum Gasteiger partial charge on any atom is -0.493 e. The SMILES string of the molecule is CCNc1cc(N2CCC[C@H](CCC(=O)Nc3ccc(OC)c(OC)c3)C2)ncn1. The molecule has 1 aromatic heterocycles. The molecule has 0 unspecified atom stereocenters. The van der Waals surface area contributed by atoms with E-state index < -0.39 is 0 Å². The predicted molar refractivity (Wildman–Crippen MR) is 119 cm³/mol. The number of benzene rings is 1. The molecule has 1 aromatic carbocycles. The van der Waals surface area contributed by atoms with Crippen molar-refractivity contribution in [1.82, 2.24) is 9.97 Å². The van der Waals surface area contributed by atoms with Gasteiger partial charge in [0.25, 0.3) is 0 Å². The summed E-state index contributed by atoms with van der Waals surface area (Å²) in [4.78, 5) is 23.4. The fourth-order valence-corrected chi connectivity index (χ4v) is 3.78. The topological polar surface area (TPSA) is 88.6 Å². The van der Waals surface area contributed by atoms with E-state index in [4.69, 9.17) is 9.47 Å². The van der Waals surface area contributed by atoms with Crippen LogP contribution in [-0.4, -0.2) is 49.7 Å². The van der Waals surface area contributed by atoms with Crippen LogP contribution in [0, 0.1) is 5.92 Å². The second-order valence-corrected chi connectivity index (χ2v) is 7.40. The number of hydrogen-bond donors (Lipinski definition) is 2. The van der Waals surface area contributed by atoms with E-state index in [1.807, 2.05) is 19.1 Å². The number of nitrogens with zero attached hydrogens (tertiary/aromatic N) is 3. The summed E-state index contributed by atoms with van der Waals surface area (Å²) in [5.41, 5.74) is 0.708. The van der Waals surface area contributed by atoms with E-state index in [9.17, 15) is 4.79 Å². The van der Waals surface area contributed by atoms with Gasteiger partial charge < -0.3 is 25.0 Å². The maximum absolute atomic E-state index is 12.5. The van der Waals surface area contributed by atoms with Gasteiger partial charge in [0.05, 0.1) is 14.2 Å². The van der Waals surface area contributed by atoms with Crippen LogP contribution in [0.5, 0.6) is 11.5 Å². The van der Waals surface area contributed by atoms with Gasteiger partial charge in [0, 0.05) is 43.9 Å². The van der Waals surface area contributed by atoms with Crippen molar-refractivity contribution in [2.45, 2.75) is 32.6 Å². The number of anilines is 3. The molecule has 3 rings (SSSR count). The largest absolute Gasteiger partial charge is 0.493 e. The number of methoxy groups -OCH3 is 2. The van der Waals surface area contributed by atoms with E-state index in [1.165, 1.54) is 0 Å². The van der Waals surface area contributed by atoms with E-state index >= 15 is 0 Å². The summed E-state index contributed by atoms with van der Waals surface area (Å²) in [7, 11) is 3.17. The van der Waals surface area contributed by atoms with Crippen LogP contribution in [0.15, 0.2) is 30.6 Å². The highest BCUT2D eigenvalue weighted by Crippen LogP contribution is 2.30. The minimum atomic E-state index is 0.0100. The zero-order valence-electron chi connectivity index (χ0n) is 18.0. The molecule has 0 spiro atoms. The molecule has 1 aliphatic heterocycles. The number of ether oxygens (including phenoxy) is 2. The molecule has 0 saturated carbocycles. The van der Waals surface area contributed by atoms with Gasteiger partial charge in [-0.25, -0.2) is 9.97 Å². The summed E-state index contributed by atoms with van der Waals surface area (Å²) >= 11 is 0. The minimum absolute atomic E-state index is 0.0100. The first-order chi connectivity index (χ1) is 14.6. The van der Waals surface area contributed by atoms with Crippen molar-refractivity contribution >= 4 is 23.2 Å². The molecule has 8 heteroatoms. The highest BCUT2D eigenvalue weighted by molar-refractivity contribution is 5.91. The molecule has 1 aliphatic rings. The van der Waals surface area contributed by atoms with Crippen molar-refractivity contribution in [2.75, 3.05) is 49.4 Å². The number of piperidine rings is 1. The highest BCUT2D eigenvalue weighted by atomic mass is 16.5. The molecule has 2 aromatic rings. The highest BCUT2D eigenvalue weighted by Gasteiger charge is 2.22. The fourth-order valence-electron chi connectivity index (χ4n) is 3.78. The summed E-state index contributed by atoms with van der Waals surface area (Å²) in [6.45, 7) is 4.77. The number of nitrogens with one attached hydrogen (secondary N) is 2. The molecular weight excluding hydrogens is 382 g/mol. The van der Waals surface area contributed by atoms with Gasteiger partial charge in [-0.15, -0.1) is 0 Å². The van der Waals surface area contributed by atoms with Crippen LogP contribution >= 0.6 is 0 Å². The molecule has 1 atom stereocenters. The number of hydrogen-bond acceptors (Lipinski definition) is 7. The van der Waals surface area contributed by atoms with Gasteiger partial charge in [-0.2, -0.15) is 0 Å². The van der Waals surface area contributed by atoms with Crippen molar-refractivity contribution in [1.29, 1.82) is 0 Å². The van der Waals surface area contributed by atoms with E-state index in [1.54, 1.807) is 32.7 Å². The molecule has 0 radical (unpaired) electrons. The van der Waals surface area contributed by atoms with Gasteiger partial charge in [-0.3, -0.25) is 4.79 Å². The number of rotatable bonds is 9. The smallest absolute Gasteiger partial charge is 0.224 e. The standard InChI is InChI=1S/C22H31N5O3/c1-4-23-20-13-21(25-15-24-20)27-11-5-6-16(14-27)7-10-22(28)26-17-8-9-18(29-2)19(12-17)30-3/h8-9,12-13,15-16H,4-7,10-11,14H2,1-3H3,(H,26,28)(H,23,24,25)/t16-/m1/s1. The lowest BCUT2D eigenvalue weighted by atomic mass is 9.93. The van der Waals surface area contributed by atoms with Gasteiger partial charge in [0.2, 0.25) is 5.91 Å². The number of carbonyl (C=O) groups is 1. The maximum Gasteiger partial charge on any atom is 0.224 e. The van der Waals surface area contributed by atoms with Crippen molar-refractivity contribution in [3.63, 3.8) is 0 Å². The first kappa shape index (κ1) is 21.7. The Kier molecular flexibility index (Phi) is 7.70. The Bertz CT molecular complexity index is 845. The molecule has 30 heavy (non-hydrogen) atoms. The first-order valence-corrected chi connectivity index (χ1v) is 10.5. The number of amides is 1. The average molecular weight is 414 g/mol. The van der Waals surface area contributed by atoms with Crippen molar-refractivity contribution in [2.24, 2.45) is 5.92 Å². The predicted octanol–water partition coefficient (Wildman–Crippen LogP) is 3.56. The Balaban J connectivity index is 1.52. The third kappa shape index (κ3) is 5.75. The Morgan fingerprint density at radius 2 is 2.03 bits per heavy atom. The van der Waals surface area contributed by atoms with Crippen molar-refractivity contribution in [3.05, 3.63) is 30.6 Å². The Labute approximate surface area is 178 Å². The molecule has 2 N–H and O–H groups in total. The quantitative estimate of drug-likeness (QED) is 0.650. The normalized spacial score (nSPS) is 16.1. The summed E-state index contributed by atoms with van der Waals surface area (Å²) in [6, 6.07) is 7.38. The van der Waals surface area contributed by atoms with Crippen LogP contribution in [0.4, 0.5) is 17.3 Å². The maximum atomic E-state index is 12.5. The number of carbonyl (C=O) groups excluding carboxylic acids is 1. The van der Waals surface area contributed by atoms with Gasteiger partial charge in [0.15, 0.2) is 11.5 Å². The summed E-state index contributed by atoms with van der Waals surface area (Å²) in [6.07, 6.45) is 5.17. The molecular formula is C22H31N5O3. The summed E-state index contributed by atoms with van der Waals surface area (Å²) in [5, 5.41) is 6.18. The Hall–Kier alpha value is -3.03. The molecule has 1 amide bonds. The van der Waals surface area contributed by atoms with Crippen LogP contribution in [0.1, 0.15) is 32.6 Å². The van der Waals surface area contributed by atoms with E-state index in [-0.39, 0.29) is 5.91 Å². The molecule has 1 fully saturated rings. The van der Waals surface area contributed by atoms with Gasteiger partial charge in [0.1, 0.15) is 18.0 Å². The van der Waals surface area contributed by atoms with Crippen molar-refractivity contribution < 1.29 is 14.3 Å². The van der Waals surface area contributed by atoms with Crippen LogP contribution in [0.2, 0.25) is 0 Å². The van der Waals surface area contributed by atoms with Crippen molar-refractivity contribution in [3.8, 4) is 11.5 Å². The lowest BCUT2D eigenvalue weighted by molar-refractivity contribution is -0.116. The number of aromatic nitrogens is 2. The molecule has 0 bridgehead atoms. The molecule has 2 heterocycles. The molecule has 8 nitrogen and oxygen atoms in total. The zero-order valence-corrected chi connectivity index (χ0v) is 18.0. The van der Waals surface area contributed by atoms with Crippen LogP contribution in [-0.2, 0) is 4.79 Å². The van der Waals surface area contributed by atoms with Gasteiger partial charge in [-0.1, -0.05) is 0 Å². The lowest BCUT2D eigenvalue weighted by Gasteiger charge is -2.33. The van der Waals surface area contributed by atoms with Crippen LogP contribution in [0.25, 0.3) is 0 Å². The average Bonchev–Trinajstić information content (AvgIpc) is 2.78. The zero-order chi connectivity index (χ0) is 21.3. The fraction of sp³-hybridized carbons (Fsp3) is 0.500. The van der Waals surface area contributed by atoms with Gasteiger partial charge in [-0.05, 0) is 44.2 Å². The Morgan fingerprint density at radius 3 is 2.80 bits per heavy atom. The van der Waals surface area contributed by atoms with Gasteiger partial charge >= 0.3 is 0 Å². The molecule has 1 saturated heterocycles. The Morgan fingerprint density at radius 1 is 1.20 bits per heavy atom.